The van der Waals surface area contributed by atoms with E-state index in [1.54, 1.807) is 12.3 Å². The summed E-state index contributed by atoms with van der Waals surface area (Å²) < 4.78 is 0. The van der Waals surface area contributed by atoms with Gasteiger partial charge in [0, 0.05) is 18.8 Å². The van der Waals surface area contributed by atoms with E-state index in [9.17, 15) is 4.79 Å². The van der Waals surface area contributed by atoms with Crippen molar-refractivity contribution < 1.29 is 4.79 Å². The molecule has 0 bridgehead atoms. The summed E-state index contributed by atoms with van der Waals surface area (Å²) in [5.41, 5.74) is 3.64. The number of hydrogen-bond acceptors (Lipinski definition) is 3. The van der Waals surface area contributed by atoms with Gasteiger partial charge in [-0.3, -0.25) is 4.79 Å². The van der Waals surface area contributed by atoms with Crippen LogP contribution in [0, 0.1) is 6.92 Å². The van der Waals surface area contributed by atoms with Crippen molar-refractivity contribution in [1.29, 1.82) is 0 Å². The van der Waals surface area contributed by atoms with E-state index in [4.69, 9.17) is 0 Å². The van der Waals surface area contributed by atoms with Gasteiger partial charge in [-0.1, -0.05) is 12.1 Å². The topological polar surface area (TPSA) is 45.2 Å². The van der Waals surface area contributed by atoms with Crippen LogP contribution in [0.15, 0.2) is 42.6 Å². The zero-order valence-corrected chi connectivity index (χ0v) is 12.9. The van der Waals surface area contributed by atoms with Gasteiger partial charge in [-0.2, -0.15) is 0 Å². The average molecular weight is 295 g/mol. The van der Waals surface area contributed by atoms with E-state index < -0.39 is 0 Å². The summed E-state index contributed by atoms with van der Waals surface area (Å²) in [5, 5.41) is 3.30. The SMILES string of the molecule is Cc1cccc(Nc2ccc(C(=O)N3CCCCC3)nc2)c1. The molecule has 0 aliphatic carbocycles. The number of amides is 1. The van der Waals surface area contributed by atoms with Gasteiger partial charge in [-0.05, 0) is 56.0 Å². The smallest absolute Gasteiger partial charge is 0.272 e. The minimum Gasteiger partial charge on any atom is -0.354 e. The first-order valence-electron chi connectivity index (χ1n) is 7.81. The van der Waals surface area contributed by atoms with Crippen molar-refractivity contribution in [1.82, 2.24) is 9.88 Å². The summed E-state index contributed by atoms with van der Waals surface area (Å²) in [6.45, 7) is 3.76. The monoisotopic (exact) mass is 295 g/mol. The second-order valence-electron chi connectivity index (χ2n) is 5.78. The molecule has 0 spiro atoms. The average Bonchev–Trinajstić information content (AvgIpc) is 2.56. The Labute approximate surface area is 131 Å². The van der Waals surface area contributed by atoms with Gasteiger partial charge in [-0.15, -0.1) is 0 Å². The van der Waals surface area contributed by atoms with Crippen LogP contribution < -0.4 is 5.32 Å². The predicted octanol–water partition coefficient (Wildman–Crippen LogP) is 3.76. The van der Waals surface area contributed by atoms with E-state index in [0.29, 0.717) is 5.69 Å². The number of rotatable bonds is 3. The van der Waals surface area contributed by atoms with Crippen molar-refractivity contribution in [3.05, 3.63) is 53.9 Å². The third-order valence-corrected chi connectivity index (χ3v) is 3.93. The summed E-state index contributed by atoms with van der Waals surface area (Å²) >= 11 is 0. The lowest BCUT2D eigenvalue weighted by molar-refractivity contribution is 0.0718. The van der Waals surface area contributed by atoms with Crippen LogP contribution in [0.2, 0.25) is 0 Å². The van der Waals surface area contributed by atoms with Crippen molar-refractivity contribution in [2.45, 2.75) is 26.2 Å². The van der Waals surface area contributed by atoms with Crippen LogP contribution in [-0.4, -0.2) is 28.9 Å². The summed E-state index contributed by atoms with van der Waals surface area (Å²) in [4.78, 5) is 18.6. The highest BCUT2D eigenvalue weighted by molar-refractivity contribution is 5.92. The molecule has 1 aromatic carbocycles. The molecule has 4 nitrogen and oxygen atoms in total. The van der Waals surface area contributed by atoms with E-state index in [0.717, 1.165) is 37.3 Å². The van der Waals surface area contributed by atoms with Crippen LogP contribution in [0.1, 0.15) is 35.3 Å². The lowest BCUT2D eigenvalue weighted by atomic mass is 10.1. The van der Waals surface area contributed by atoms with E-state index in [1.165, 1.54) is 12.0 Å². The van der Waals surface area contributed by atoms with Crippen LogP contribution in [0.3, 0.4) is 0 Å². The van der Waals surface area contributed by atoms with E-state index in [-0.39, 0.29) is 5.91 Å². The van der Waals surface area contributed by atoms with E-state index in [2.05, 4.69) is 29.4 Å². The number of benzene rings is 1. The highest BCUT2D eigenvalue weighted by atomic mass is 16.2. The van der Waals surface area contributed by atoms with Gasteiger partial charge in [0.2, 0.25) is 0 Å². The normalized spacial score (nSPS) is 14.7. The molecule has 1 amide bonds. The lowest BCUT2D eigenvalue weighted by Gasteiger charge is -2.26. The molecule has 2 heterocycles. The number of likely N-dealkylation sites (tertiary alicyclic amines) is 1. The largest absolute Gasteiger partial charge is 0.354 e. The number of aromatic nitrogens is 1. The third-order valence-electron chi connectivity index (χ3n) is 3.93. The standard InChI is InChI=1S/C18H21N3O/c1-14-6-5-7-15(12-14)20-16-8-9-17(19-13-16)18(22)21-10-3-2-4-11-21/h5-9,12-13,20H,2-4,10-11H2,1H3. The molecule has 1 aliphatic heterocycles. The predicted molar refractivity (Wildman–Crippen MR) is 88.5 cm³/mol. The third kappa shape index (κ3) is 3.45. The maximum absolute atomic E-state index is 12.4. The molecule has 1 N–H and O–H groups in total. The molecule has 3 rings (SSSR count). The quantitative estimate of drug-likeness (QED) is 0.937. The number of pyridine rings is 1. The Balaban J connectivity index is 1.68. The molecule has 1 aliphatic rings. The summed E-state index contributed by atoms with van der Waals surface area (Å²) in [5.74, 6) is 0.0433. The van der Waals surface area contributed by atoms with Crippen molar-refractivity contribution in [3.63, 3.8) is 0 Å². The Morgan fingerprint density at radius 3 is 2.59 bits per heavy atom. The van der Waals surface area contributed by atoms with Crippen molar-refractivity contribution in [2.24, 2.45) is 0 Å². The molecule has 2 aromatic rings. The minimum absolute atomic E-state index is 0.0433. The molecule has 0 atom stereocenters. The summed E-state index contributed by atoms with van der Waals surface area (Å²) in [6, 6.07) is 11.9. The lowest BCUT2D eigenvalue weighted by Crippen LogP contribution is -2.36. The Morgan fingerprint density at radius 2 is 1.91 bits per heavy atom. The number of hydrogen-bond donors (Lipinski definition) is 1. The van der Waals surface area contributed by atoms with E-state index >= 15 is 0 Å². The summed E-state index contributed by atoms with van der Waals surface area (Å²) in [7, 11) is 0. The van der Waals surface area contributed by atoms with Crippen molar-refractivity contribution in [3.8, 4) is 0 Å². The van der Waals surface area contributed by atoms with Gasteiger partial charge >= 0.3 is 0 Å². The number of carbonyl (C=O) groups is 1. The molecular weight excluding hydrogens is 274 g/mol. The van der Waals surface area contributed by atoms with Crippen LogP contribution in [0.25, 0.3) is 0 Å². The Kier molecular flexibility index (Phi) is 4.37. The molecule has 0 unspecified atom stereocenters. The van der Waals surface area contributed by atoms with Crippen molar-refractivity contribution >= 4 is 17.3 Å². The number of nitrogens with one attached hydrogen (secondary N) is 1. The fourth-order valence-electron chi connectivity index (χ4n) is 2.74. The highest BCUT2D eigenvalue weighted by Crippen LogP contribution is 2.18. The van der Waals surface area contributed by atoms with Crippen LogP contribution >= 0.6 is 0 Å². The Hall–Kier alpha value is -2.36. The van der Waals surface area contributed by atoms with Gasteiger partial charge in [0.15, 0.2) is 0 Å². The molecule has 4 heteroatoms. The summed E-state index contributed by atoms with van der Waals surface area (Å²) in [6.07, 6.45) is 5.13. The Morgan fingerprint density at radius 1 is 1.09 bits per heavy atom. The molecule has 22 heavy (non-hydrogen) atoms. The van der Waals surface area contributed by atoms with Gasteiger partial charge in [0.05, 0.1) is 11.9 Å². The number of nitrogens with zero attached hydrogens (tertiary/aromatic N) is 2. The van der Waals surface area contributed by atoms with Gasteiger partial charge < -0.3 is 10.2 Å². The number of piperidine rings is 1. The van der Waals surface area contributed by atoms with Crippen LogP contribution in [0.5, 0.6) is 0 Å². The number of carbonyl (C=O) groups excluding carboxylic acids is 1. The van der Waals surface area contributed by atoms with E-state index in [1.807, 2.05) is 23.1 Å². The van der Waals surface area contributed by atoms with Crippen LogP contribution in [-0.2, 0) is 0 Å². The minimum atomic E-state index is 0.0433. The Bertz CT molecular complexity index is 646. The first-order valence-corrected chi connectivity index (χ1v) is 7.81. The fraction of sp³-hybridized carbons (Fsp3) is 0.333. The first kappa shape index (κ1) is 14.6. The zero-order chi connectivity index (χ0) is 15.4. The molecule has 1 fully saturated rings. The first-order chi connectivity index (χ1) is 10.7. The van der Waals surface area contributed by atoms with Crippen LogP contribution in [0.4, 0.5) is 11.4 Å². The van der Waals surface area contributed by atoms with Gasteiger partial charge in [0.1, 0.15) is 5.69 Å². The van der Waals surface area contributed by atoms with Crippen molar-refractivity contribution in [2.75, 3.05) is 18.4 Å². The molecular formula is C18H21N3O. The molecule has 1 saturated heterocycles. The highest BCUT2D eigenvalue weighted by Gasteiger charge is 2.18. The zero-order valence-electron chi connectivity index (χ0n) is 12.9. The molecule has 0 saturated carbocycles. The molecule has 114 valence electrons. The number of aryl methyl sites for hydroxylation is 1. The van der Waals surface area contributed by atoms with Gasteiger partial charge in [-0.25, -0.2) is 4.98 Å². The molecule has 0 radical (unpaired) electrons. The fourth-order valence-corrected chi connectivity index (χ4v) is 2.74. The second kappa shape index (κ2) is 6.60. The molecule has 1 aromatic heterocycles. The van der Waals surface area contributed by atoms with Gasteiger partial charge in [0.25, 0.3) is 5.91 Å². The maximum Gasteiger partial charge on any atom is 0.272 e. The number of anilines is 2. The maximum atomic E-state index is 12.4. The second-order valence-corrected chi connectivity index (χ2v) is 5.78.